The van der Waals surface area contributed by atoms with E-state index in [1.165, 1.54) is 4.68 Å². The molecule has 8 nitrogen and oxygen atoms in total. The first-order chi connectivity index (χ1) is 13.9. The summed E-state index contributed by atoms with van der Waals surface area (Å²) in [7, 11) is 0. The van der Waals surface area contributed by atoms with Crippen LogP contribution in [0.1, 0.15) is 37.0 Å². The van der Waals surface area contributed by atoms with Crippen LogP contribution in [0.25, 0.3) is 10.9 Å². The van der Waals surface area contributed by atoms with Gasteiger partial charge in [0.05, 0.1) is 23.9 Å². The van der Waals surface area contributed by atoms with Crippen LogP contribution in [0.15, 0.2) is 36.5 Å². The molecule has 1 amide bonds. The highest BCUT2D eigenvalue weighted by Crippen LogP contribution is 2.31. The number of pyridine rings is 1. The molecular weight excluding hydrogens is 372 g/mol. The molecule has 0 spiro atoms. The number of rotatable bonds is 7. The van der Waals surface area contributed by atoms with Gasteiger partial charge < -0.3 is 14.8 Å². The predicted octanol–water partition coefficient (Wildman–Crippen LogP) is 3.34. The molecule has 0 atom stereocenters. The van der Waals surface area contributed by atoms with Crippen LogP contribution < -0.4 is 10.1 Å². The lowest BCUT2D eigenvalue weighted by molar-refractivity contribution is -0.144. The lowest BCUT2D eigenvalue weighted by Gasteiger charge is -2.15. The number of hydrogen-bond donors (Lipinski definition) is 1. The van der Waals surface area contributed by atoms with Gasteiger partial charge in [-0.2, -0.15) is 5.10 Å². The standard InChI is InChI=1S/C21H24N4O4/c1-5-28-20(26)12-25-11-15-9-18(19(29-13(2)3)10-17(15)24-25)23-21(27)16-8-6-7-14(4)22-16/h6-11,13H,5,12H2,1-4H3,(H,23,27). The highest BCUT2D eigenvalue weighted by atomic mass is 16.5. The molecule has 2 aromatic heterocycles. The Morgan fingerprint density at radius 1 is 1.24 bits per heavy atom. The number of carbonyl (C=O) groups is 2. The van der Waals surface area contributed by atoms with E-state index in [1.54, 1.807) is 37.4 Å². The smallest absolute Gasteiger partial charge is 0.327 e. The molecule has 1 N–H and O–H groups in total. The molecule has 0 unspecified atom stereocenters. The average Bonchev–Trinajstić information content (AvgIpc) is 3.02. The third-order valence-corrected chi connectivity index (χ3v) is 3.98. The topological polar surface area (TPSA) is 95.3 Å². The van der Waals surface area contributed by atoms with E-state index in [0.29, 0.717) is 29.3 Å². The zero-order chi connectivity index (χ0) is 21.0. The second-order valence-corrected chi connectivity index (χ2v) is 6.82. The SMILES string of the molecule is CCOC(=O)Cn1cc2cc(NC(=O)c3cccc(C)n3)c(OC(C)C)cc2n1. The van der Waals surface area contributed by atoms with Crippen molar-refractivity contribution in [3.8, 4) is 5.75 Å². The van der Waals surface area contributed by atoms with Crippen LogP contribution in [0.4, 0.5) is 5.69 Å². The van der Waals surface area contributed by atoms with Crippen LogP contribution in [0.5, 0.6) is 5.75 Å². The molecule has 152 valence electrons. The Hall–Kier alpha value is -3.42. The fourth-order valence-electron chi connectivity index (χ4n) is 2.83. The molecule has 29 heavy (non-hydrogen) atoms. The van der Waals surface area contributed by atoms with E-state index >= 15 is 0 Å². The van der Waals surface area contributed by atoms with Crippen LogP contribution in [-0.2, 0) is 16.1 Å². The summed E-state index contributed by atoms with van der Waals surface area (Å²) >= 11 is 0. The fraction of sp³-hybridized carbons (Fsp3) is 0.333. The monoisotopic (exact) mass is 396 g/mol. The maximum absolute atomic E-state index is 12.7. The highest BCUT2D eigenvalue weighted by Gasteiger charge is 2.16. The van der Waals surface area contributed by atoms with Gasteiger partial charge in [0, 0.05) is 23.3 Å². The molecule has 0 aliphatic rings. The minimum Gasteiger partial charge on any atom is -0.489 e. The van der Waals surface area contributed by atoms with Gasteiger partial charge in [0.25, 0.3) is 5.91 Å². The van der Waals surface area contributed by atoms with E-state index < -0.39 is 0 Å². The van der Waals surface area contributed by atoms with E-state index in [9.17, 15) is 9.59 Å². The lowest BCUT2D eigenvalue weighted by atomic mass is 10.2. The largest absolute Gasteiger partial charge is 0.489 e. The number of hydrogen-bond acceptors (Lipinski definition) is 6. The molecule has 2 heterocycles. The average molecular weight is 396 g/mol. The van der Waals surface area contributed by atoms with Gasteiger partial charge >= 0.3 is 5.97 Å². The second kappa shape index (κ2) is 8.72. The number of anilines is 1. The van der Waals surface area contributed by atoms with Crippen molar-refractivity contribution in [1.29, 1.82) is 0 Å². The summed E-state index contributed by atoms with van der Waals surface area (Å²) in [4.78, 5) is 28.6. The van der Waals surface area contributed by atoms with Crippen LogP contribution in [0.3, 0.4) is 0 Å². The first-order valence-electron chi connectivity index (χ1n) is 9.44. The van der Waals surface area contributed by atoms with E-state index in [1.807, 2.05) is 26.8 Å². The minimum absolute atomic E-state index is 0.0117. The van der Waals surface area contributed by atoms with E-state index in [2.05, 4.69) is 15.4 Å². The van der Waals surface area contributed by atoms with Crippen molar-refractivity contribution >= 4 is 28.5 Å². The molecule has 3 aromatic rings. The number of nitrogens with zero attached hydrogens (tertiary/aromatic N) is 3. The van der Waals surface area contributed by atoms with Crippen molar-refractivity contribution in [3.63, 3.8) is 0 Å². The van der Waals surface area contributed by atoms with Gasteiger partial charge in [-0.25, -0.2) is 4.98 Å². The number of esters is 1. The Morgan fingerprint density at radius 3 is 2.72 bits per heavy atom. The van der Waals surface area contributed by atoms with E-state index in [-0.39, 0.29) is 24.5 Å². The first-order valence-corrected chi connectivity index (χ1v) is 9.44. The summed E-state index contributed by atoms with van der Waals surface area (Å²) in [6.45, 7) is 7.71. The van der Waals surface area contributed by atoms with Gasteiger partial charge in [-0.3, -0.25) is 14.3 Å². The van der Waals surface area contributed by atoms with Gasteiger partial charge in [0.15, 0.2) is 0 Å². The number of nitrogens with one attached hydrogen (secondary N) is 1. The third kappa shape index (κ3) is 5.10. The molecule has 0 saturated heterocycles. The van der Waals surface area contributed by atoms with Gasteiger partial charge in [0.2, 0.25) is 0 Å². The molecular formula is C21H24N4O4. The summed E-state index contributed by atoms with van der Waals surface area (Å²) in [5, 5.41) is 8.03. The van der Waals surface area contributed by atoms with Crippen LogP contribution in [0.2, 0.25) is 0 Å². The number of aromatic nitrogens is 3. The normalized spacial score (nSPS) is 10.9. The molecule has 8 heteroatoms. The first kappa shape index (κ1) is 20.3. The minimum atomic E-state index is -0.363. The molecule has 0 saturated carbocycles. The molecule has 0 radical (unpaired) electrons. The fourth-order valence-corrected chi connectivity index (χ4v) is 2.83. The molecule has 0 fully saturated rings. The van der Waals surface area contributed by atoms with Gasteiger partial charge in [-0.1, -0.05) is 6.07 Å². The molecule has 0 bridgehead atoms. The van der Waals surface area contributed by atoms with Gasteiger partial charge in [-0.15, -0.1) is 0 Å². The number of ether oxygens (including phenoxy) is 2. The Kier molecular flexibility index (Phi) is 6.11. The molecule has 3 rings (SSSR count). The number of benzene rings is 1. The van der Waals surface area contributed by atoms with Gasteiger partial charge in [-0.05, 0) is 45.9 Å². The lowest BCUT2D eigenvalue weighted by Crippen LogP contribution is -2.16. The van der Waals surface area contributed by atoms with Crippen molar-refractivity contribution in [2.24, 2.45) is 0 Å². The maximum Gasteiger partial charge on any atom is 0.327 e. The third-order valence-electron chi connectivity index (χ3n) is 3.98. The van der Waals surface area contributed by atoms with Crippen LogP contribution in [0, 0.1) is 6.92 Å². The van der Waals surface area contributed by atoms with Crippen molar-refractivity contribution in [2.75, 3.05) is 11.9 Å². The van der Waals surface area contributed by atoms with Crippen molar-refractivity contribution in [2.45, 2.75) is 40.3 Å². The van der Waals surface area contributed by atoms with Crippen molar-refractivity contribution < 1.29 is 19.1 Å². The Labute approximate surface area is 168 Å². The van der Waals surface area contributed by atoms with Crippen molar-refractivity contribution in [3.05, 3.63) is 47.9 Å². The van der Waals surface area contributed by atoms with Gasteiger partial charge in [0.1, 0.15) is 18.0 Å². The highest BCUT2D eigenvalue weighted by molar-refractivity contribution is 6.05. The molecule has 0 aliphatic heterocycles. The van der Waals surface area contributed by atoms with E-state index in [4.69, 9.17) is 9.47 Å². The summed E-state index contributed by atoms with van der Waals surface area (Å²) < 4.78 is 12.3. The number of carbonyl (C=O) groups excluding carboxylic acids is 2. The summed E-state index contributed by atoms with van der Waals surface area (Å²) in [5.74, 6) is -0.200. The summed E-state index contributed by atoms with van der Waals surface area (Å²) in [6.07, 6.45) is 1.63. The predicted molar refractivity (Wildman–Crippen MR) is 109 cm³/mol. The number of aryl methyl sites for hydroxylation is 1. The van der Waals surface area contributed by atoms with E-state index in [0.717, 1.165) is 11.1 Å². The zero-order valence-electron chi connectivity index (χ0n) is 16.9. The zero-order valence-corrected chi connectivity index (χ0v) is 16.9. The number of amides is 1. The van der Waals surface area contributed by atoms with Crippen molar-refractivity contribution in [1.82, 2.24) is 14.8 Å². The Morgan fingerprint density at radius 2 is 2.03 bits per heavy atom. The quantitative estimate of drug-likeness (QED) is 0.616. The maximum atomic E-state index is 12.7. The second-order valence-electron chi connectivity index (χ2n) is 6.82. The summed E-state index contributed by atoms with van der Waals surface area (Å²) in [6, 6.07) is 8.78. The summed E-state index contributed by atoms with van der Waals surface area (Å²) in [5.41, 5.74) is 2.23. The Balaban J connectivity index is 1.93. The van der Waals surface area contributed by atoms with Crippen LogP contribution >= 0.6 is 0 Å². The Bertz CT molecular complexity index is 1040. The molecule has 1 aromatic carbocycles. The van der Waals surface area contributed by atoms with Crippen LogP contribution in [-0.4, -0.2) is 39.4 Å². The number of fused-ring (bicyclic) bond motifs is 1. The molecule has 0 aliphatic carbocycles.